The molecule has 0 bridgehead atoms. The minimum atomic E-state index is -0.0203. The Morgan fingerprint density at radius 3 is 3.07 bits per heavy atom. The Balaban J connectivity index is 2.53. The number of hydrogen-bond acceptors (Lipinski definition) is 3. The zero-order chi connectivity index (χ0) is 10.8. The monoisotopic (exact) mass is 267 g/mol. The molecular weight excluding hydrogens is 258 g/mol. The Morgan fingerprint density at radius 1 is 1.60 bits per heavy atom. The van der Waals surface area contributed by atoms with E-state index in [2.05, 4.69) is 26.2 Å². The third-order valence-corrected chi connectivity index (χ3v) is 2.83. The Bertz CT molecular complexity index is 506. The molecule has 0 amide bonds. The van der Waals surface area contributed by atoms with Gasteiger partial charge in [0.1, 0.15) is 15.9 Å². The second-order valence-electron chi connectivity index (χ2n) is 3.13. The van der Waals surface area contributed by atoms with Crippen molar-refractivity contribution in [1.29, 1.82) is 0 Å². The highest BCUT2D eigenvalue weighted by Crippen LogP contribution is 2.18. The van der Waals surface area contributed by atoms with E-state index in [-0.39, 0.29) is 5.78 Å². The predicted molar refractivity (Wildman–Crippen MR) is 61.1 cm³/mol. The van der Waals surface area contributed by atoms with E-state index in [1.54, 1.807) is 7.05 Å². The fourth-order valence-corrected chi connectivity index (χ4v) is 2.00. The topological polar surface area (TPSA) is 46.4 Å². The molecule has 2 aromatic heterocycles. The number of nitrogens with zero attached hydrogens (tertiary/aromatic N) is 2. The zero-order valence-electron chi connectivity index (χ0n) is 8.20. The fourth-order valence-electron chi connectivity index (χ4n) is 1.39. The summed E-state index contributed by atoms with van der Waals surface area (Å²) in [6.07, 6.45) is 1.86. The van der Waals surface area contributed by atoms with Crippen molar-refractivity contribution in [3.8, 4) is 0 Å². The lowest BCUT2D eigenvalue weighted by molar-refractivity contribution is 0.0988. The van der Waals surface area contributed by atoms with Gasteiger partial charge in [0.05, 0.1) is 6.54 Å². The van der Waals surface area contributed by atoms with Crippen LogP contribution < -0.4 is 5.32 Å². The molecule has 0 atom stereocenters. The second-order valence-corrected chi connectivity index (χ2v) is 3.88. The molecular formula is C10H10BrN3O. The first-order valence-electron chi connectivity index (χ1n) is 4.54. The lowest BCUT2D eigenvalue weighted by Crippen LogP contribution is -2.19. The smallest absolute Gasteiger partial charge is 0.197 e. The molecule has 15 heavy (non-hydrogen) atoms. The third-order valence-electron chi connectivity index (χ3n) is 2.07. The SMILES string of the molecule is CNCC(=O)c1nc2ccccn2c1Br. The first-order chi connectivity index (χ1) is 7.24. The van der Waals surface area contributed by atoms with Gasteiger partial charge >= 0.3 is 0 Å². The van der Waals surface area contributed by atoms with Gasteiger partial charge in [0.2, 0.25) is 0 Å². The van der Waals surface area contributed by atoms with E-state index in [1.807, 2.05) is 28.8 Å². The highest BCUT2D eigenvalue weighted by Gasteiger charge is 2.15. The molecule has 0 aliphatic heterocycles. The van der Waals surface area contributed by atoms with Crippen molar-refractivity contribution in [1.82, 2.24) is 14.7 Å². The van der Waals surface area contributed by atoms with Gasteiger partial charge in [-0.2, -0.15) is 0 Å². The van der Waals surface area contributed by atoms with E-state index in [4.69, 9.17) is 0 Å². The average molecular weight is 268 g/mol. The molecule has 0 aliphatic rings. The standard InChI is InChI=1S/C10H10BrN3O/c1-12-6-7(15)9-10(11)14-5-3-2-4-8(14)13-9/h2-5,12H,6H2,1H3. The number of halogens is 1. The number of aromatic nitrogens is 2. The van der Waals surface area contributed by atoms with Gasteiger partial charge in [-0.15, -0.1) is 0 Å². The third kappa shape index (κ3) is 1.80. The van der Waals surface area contributed by atoms with E-state index in [1.165, 1.54) is 0 Å². The van der Waals surface area contributed by atoms with E-state index in [0.717, 1.165) is 5.65 Å². The molecule has 78 valence electrons. The summed E-state index contributed by atoms with van der Waals surface area (Å²) in [6.45, 7) is 0.294. The molecule has 2 heterocycles. The molecule has 0 saturated heterocycles. The molecule has 2 rings (SSSR count). The highest BCUT2D eigenvalue weighted by atomic mass is 79.9. The van der Waals surface area contributed by atoms with Crippen molar-refractivity contribution in [3.63, 3.8) is 0 Å². The maximum atomic E-state index is 11.7. The summed E-state index contributed by atoms with van der Waals surface area (Å²) in [6, 6.07) is 5.65. The van der Waals surface area contributed by atoms with Crippen LogP contribution in [-0.2, 0) is 0 Å². The fraction of sp³-hybridized carbons (Fsp3) is 0.200. The lowest BCUT2D eigenvalue weighted by Gasteiger charge is -1.96. The molecule has 5 heteroatoms. The van der Waals surface area contributed by atoms with Gasteiger partial charge in [-0.1, -0.05) is 6.07 Å². The first kappa shape index (κ1) is 10.3. The van der Waals surface area contributed by atoms with Crippen LogP contribution in [0.25, 0.3) is 5.65 Å². The number of nitrogens with one attached hydrogen (secondary N) is 1. The molecule has 4 nitrogen and oxygen atoms in total. The molecule has 0 fully saturated rings. The van der Waals surface area contributed by atoms with Gasteiger partial charge in [-0.05, 0) is 35.1 Å². The van der Waals surface area contributed by atoms with Crippen molar-refractivity contribution in [2.45, 2.75) is 0 Å². The van der Waals surface area contributed by atoms with Crippen molar-refractivity contribution >= 4 is 27.4 Å². The minimum Gasteiger partial charge on any atom is -0.313 e. The Hall–Kier alpha value is -1.20. The van der Waals surface area contributed by atoms with Crippen LogP contribution >= 0.6 is 15.9 Å². The molecule has 0 saturated carbocycles. The van der Waals surface area contributed by atoms with E-state index in [9.17, 15) is 4.79 Å². The number of likely N-dealkylation sites (N-methyl/N-ethyl adjacent to an activating group) is 1. The summed E-state index contributed by atoms with van der Waals surface area (Å²) >= 11 is 3.37. The number of hydrogen-bond donors (Lipinski definition) is 1. The van der Waals surface area contributed by atoms with Gasteiger partial charge in [0.15, 0.2) is 5.78 Å². The maximum absolute atomic E-state index is 11.7. The molecule has 0 aliphatic carbocycles. The number of Topliss-reactive ketones (excluding diaryl/α,β-unsaturated/α-hetero) is 1. The van der Waals surface area contributed by atoms with Gasteiger partial charge in [-0.3, -0.25) is 9.20 Å². The van der Waals surface area contributed by atoms with E-state index in [0.29, 0.717) is 16.8 Å². The lowest BCUT2D eigenvalue weighted by atomic mass is 10.3. The van der Waals surface area contributed by atoms with Crippen molar-refractivity contribution in [2.75, 3.05) is 13.6 Å². The van der Waals surface area contributed by atoms with Crippen LogP contribution in [0.2, 0.25) is 0 Å². The normalized spacial score (nSPS) is 10.8. The molecule has 0 unspecified atom stereocenters. The molecule has 2 aromatic rings. The summed E-state index contributed by atoms with van der Waals surface area (Å²) < 4.78 is 2.54. The number of rotatable bonds is 3. The minimum absolute atomic E-state index is 0.0203. The summed E-state index contributed by atoms with van der Waals surface area (Å²) in [7, 11) is 1.74. The van der Waals surface area contributed by atoms with Crippen molar-refractivity contribution < 1.29 is 4.79 Å². The number of imidazole rings is 1. The van der Waals surface area contributed by atoms with Crippen LogP contribution in [0.5, 0.6) is 0 Å². The van der Waals surface area contributed by atoms with Gasteiger partial charge in [0, 0.05) is 6.20 Å². The highest BCUT2D eigenvalue weighted by molar-refractivity contribution is 9.10. The quantitative estimate of drug-likeness (QED) is 0.858. The Morgan fingerprint density at radius 2 is 2.40 bits per heavy atom. The molecule has 0 radical (unpaired) electrons. The summed E-state index contributed by atoms with van der Waals surface area (Å²) in [5.74, 6) is -0.0203. The van der Waals surface area contributed by atoms with Gasteiger partial charge < -0.3 is 5.32 Å². The molecule has 1 N–H and O–H groups in total. The molecule has 0 spiro atoms. The van der Waals surface area contributed by atoms with Crippen LogP contribution in [0.3, 0.4) is 0 Å². The van der Waals surface area contributed by atoms with Gasteiger partial charge in [0.25, 0.3) is 0 Å². The number of pyridine rings is 1. The van der Waals surface area contributed by atoms with E-state index < -0.39 is 0 Å². The van der Waals surface area contributed by atoms with Crippen LogP contribution in [-0.4, -0.2) is 28.8 Å². The Kier molecular flexibility index (Phi) is 2.83. The van der Waals surface area contributed by atoms with Crippen molar-refractivity contribution in [3.05, 3.63) is 34.7 Å². The number of ketones is 1. The number of carbonyl (C=O) groups is 1. The second kappa shape index (κ2) is 4.12. The van der Waals surface area contributed by atoms with E-state index >= 15 is 0 Å². The van der Waals surface area contributed by atoms with Crippen LogP contribution in [0, 0.1) is 0 Å². The number of fused-ring (bicyclic) bond motifs is 1. The van der Waals surface area contributed by atoms with Crippen LogP contribution in [0.4, 0.5) is 0 Å². The molecule has 0 aromatic carbocycles. The summed E-state index contributed by atoms with van der Waals surface area (Å²) in [5, 5.41) is 2.82. The van der Waals surface area contributed by atoms with Crippen LogP contribution in [0.1, 0.15) is 10.5 Å². The maximum Gasteiger partial charge on any atom is 0.197 e. The Labute approximate surface area is 95.4 Å². The number of carbonyl (C=O) groups excluding carboxylic acids is 1. The largest absolute Gasteiger partial charge is 0.313 e. The first-order valence-corrected chi connectivity index (χ1v) is 5.33. The van der Waals surface area contributed by atoms with Gasteiger partial charge in [-0.25, -0.2) is 4.98 Å². The average Bonchev–Trinajstić information content (AvgIpc) is 2.57. The van der Waals surface area contributed by atoms with Crippen molar-refractivity contribution in [2.24, 2.45) is 0 Å². The predicted octanol–water partition coefficient (Wildman–Crippen LogP) is 1.50. The summed E-state index contributed by atoms with van der Waals surface area (Å²) in [4.78, 5) is 15.9. The summed E-state index contributed by atoms with van der Waals surface area (Å²) in [5.41, 5.74) is 1.24. The zero-order valence-corrected chi connectivity index (χ0v) is 9.78. The van der Waals surface area contributed by atoms with Crippen LogP contribution in [0.15, 0.2) is 29.0 Å².